The van der Waals surface area contributed by atoms with Crippen molar-refractivity contribution < 1.29 is 24.9 Å². The van der Waals surface area contributed by atoms with Gasteiger partial charge in [0, 0.05) is 5.54 Å². The number of aliphatic hydroxyl groups excluding tert-OH is 1. The molecular weight excluding hydrogens is 202 g/mol. The van der Waals surface area contributed by atoms with Crippen molar-refractivity contribution in [1.82, 2.24) is 5.32 Å². The summed E-state index contributed by atoms with van der Waals surface area (Å²) in [6, 6.07) is 0. The second-order valence-electron chi connectivity index (χ2n) is 4.04. The number of carboxylic acid groups (broad SMARTS) is 2. The Balaban J connectivity index is 0.000000167. The van der Waals surface area contributed by atoms with Crippen LogP contribution in [0, 0.1) is 5.92 Å². The predicted molar refractivity (Wildman–Crippen MR) is 50.4 cm³/mol. The van der Waals surface area contributed by atoms with Crippen molar-refractivity contribution in [3.05, 3.63) is 0 Å². The number of aliphatic carboxylic acids is 2. The smallest absolute Gasteiger partial charge is 0.414 e. The third-order valence-electron chi connectivity index (χ3n) is 2.96. The maximum absolute atomic E-state index is 9.10. The summed E-state index contributed by atoms with van der Waals surface area (Å²) in [4.78, 5) is 18.2. The lowest BCUT2D eigenvalue weighted by Gasteiger charge is -2.24. The van der Waals surface area contributed by atoms with Gasteiger partial charge in [0.25, 0.3) is 0 Å². The molecule has 15 heavy (non-hydrogen) atoms. The molecule has 1 aliphatic heterocycles. The maximum Gasteiger partial charge on any atom is 0.414 e. The normalized spacial score (nSPS) is 31.9. The van der Waals surface area contributed by atoms with Gasteiger partial charge in [-0.1, -0.05) is 0 Å². The zero-order chi connectivity index (χ0) is 11.5. The van der Waals surface area contributed by atoms with Gasteiger partial charge in [-0.2, -0.15) is 0 Å². The minimum atomic E-state index is -1.82. The number of carboxylic acids is 2. The molecule has 1 saturated heterocycles. The molecule has 0 radical (unpaired) electrons. The summed E-state index contributed by atoms with van der Waals surface area (Å²) in [6.07, 6.45) is 3.73. The molecule has 6 heteroatoms. The molecule has 86 valence electrons. The van der Waals surface area contributed by atoms with Gasteiger partial charge in [-0.25, -0.2) is 9.59 Å². The van der Waals surface area contributed by atoms with Crippen molar-refractivity contribution >= 4 is 11.9 Å². The van der Waals surface area contributed by atoms with E-state index in [0.29, 0.717) is 6.61 Å². The summed E-state index contributed by atoms with van der Waals surface area (Å²) in [5.41, 5.74) is 0.157. The highest BCUT2D eigenvalue weighted by Gasteiger charge is 2.43. The van der Waals surface area contributed by atoms with E-state index in [-0.39, 0.29) is 5.54 Å². The van der Waals surface area contributed by atoms with E-state index in [1.165, 1.54) is 19.3 Å². The molecule has 0 aromatic rings. The molecule has 1 heterocycles. The molecule has 1 aliphatic carbocycles. The molecule has 0 aromatic heterocycles. The Morgan fingerprint density at radius 2 is 1.93 bits per heavy atom. The van der Waals surface area contributed by atoms with Crippen LogP contribution < -0.4 is 5.32 Å². The first-order valence-electron chi connectivity index (χ1n) is 4.81. The second-order valence-corrected chi connectivity index (χ2v) is 4.04. The van der Waals surface area contributed by atoms with E-state index in [9.17, 15) is 0 Å². The second kappa shape index (κ2) is 4.59. The quantitative estimate of drug-likeness (QED) is 0.432. The number of fused-ring (bicyclic) bond motifs is 2. The number of piperidine rings is 1. The monoisotopic (exact) mass is 217 g/mol. The lowest BCUT2D eigenvalue weighted by atomic mass is 10.0. The van der Waals surface area contributed by atoms with Crippen LogP contribution in [0.5, 0.6) is 0 Å². The Labute approximate surface area is 86.9 Å². The molecule has 2 atom stereocenters. The number of rotatable bonds is 1. The fourth-order valence-corrected chi connectivity index (χ4v) is 2.13. The van der Waals surface area contributed by atoms with E-state index in [4.69, 9.17) is 24.9 Å². The van der Waals surface area contributed by atoms with Crippen LogP contribution in [-0.2, 0) is 9.59 Å². The Morgan fingerprint density at radius 3 is 2.07 bits per heavy atom. The first-order valence-corrected chi connectivity index (χ1v) is 4.81. The minimum absolute atomic E-state index is 0.157. The van der Waals surface area contributed by atoms with E-state index in [2.05, 4.69) is 5.32 Å². The van der Waals surface area contributed by atoms with Gasteiger partial charge in [0.05, 0.1) is 6.61 Å². The first kappa shape index (κ1) is 11.9. The van der Waals surface area contributed by atoms with Crippen molar-refractivity contribution in [3.8, 4) is 0 Å². The average molecular weight is 217 g/mol. The molecule has 0 unspecified atom stereocenters. The van der Waals surface area contributed by atoms with E-state index in [1.807, 2.05) is 0 Å². The molecule has 0 amide bonds. The molecule has 2 rings (SSSR count). The van der Waals surface area contributed by atoms with Crippen LogP contribution in [0.1, 0.15) is 19.3 Å². The number of aliphatic hydroxyl groups is 1. The van der Waals surface area contributed by atoms with Gasteiger partial charge in [0.15, 0.2) is 0 Å². The van der Waals surface area contributed by atoms with Crippen LogP contribution in [-0.4, -0.2) is 45.9 Å². The summed E-state index contributed by atoms with van der Waals surface area (Å²) < 4.78 is 0. The number of hydrogen-bond donors (Lipinski definition) is 4. The van der Waals surface area contributed by atoms with Crippen LogP contribution in [0.15, 0.2) is 0 Å². The van der Waals surface area contributed by atoms with Crippen molar-refractivity contribution in [1.29, 1.82) is 0 Å². The number of nitrogens with one attached hydrogen (secondary N) is 1. The van der Waals surface area contributed by atoms with Crippen molar-refractivity contribution in [2.24, 2.45) is 5.92 Å². The maximum atomic E-state index is 9.10. The van der Waals surface area contributed by atoms with Crippen molar-refractivity contribution in [3.63, 3.8) is 0 Å². The molecule has 2 fully saturated rings. The fraction of sp³-hybridized carbons (Fsp3) is 0.778. The van der Waals surface area contributed by atoms with Gasteiger partial charge in [0.1, 0.15) is 0 Å². The van der Waals surface area contributed by atoms with Gasteiger partial charge in [-0.05, 0) is 31.7 Å². The molecule has 4 N–H and O–H groups in total. The molecule has 2 aliphatic rings. The zero-order valence-corrected chi connectivity index (χ0v) is 8.27. The highest BCUT2D eigenvalue weighted by molar-refractivity contribution is 6.27. The molecule has 0 aromatic carbocycles. The molecular formula is C9H15NO5. The minimum Gasteiger partial charge on any atom is -0.473 e. The van der Waals surface area contributed by atoms with Gasteiger partial charge in [-0.15, -0.1) is 0 Å². The predicted octanol–water partition coefficient (Wildman–Crippen LogP) is -0.724. The zero-order valence-electron chi connectivity index (χ0n) is 8.27. The Bertz CT molecular complexity index is 245. The van der Waals surface area contributed by atoms with Gasteiger partial charge < -0.3 is 20.6 Å². The number of hydrogen-bond acceptors (Lipinski definition) is 4. The Hall–Kier alpha value is -1.14. The SMILES string of the molecule is O=C(O)C(=O)O.OC[C@@]12CC[C@H](CN1)C2. The van der Waals surface area contributed by atoms with Crippen molar-refractivity contribution in [2.45, 2.75) is 24.8 Å². The fourth-order valence-electron chi connectivity index (χ4n) is 2.13. The van der Waals surface area contributed by atoms with Crippen LogP contribution in [0.3, 0.4) is 0 Å². The van der Waals surface area contributed by atoms with Gasteiger partial charge in [-0.3, -0.25) is 0 Å². The summed E-state index contributed by atoms with van der Waals surface area (Å²) >= 11 is 0. The lowest BCUT2D eigenvalue weighted by Crippen LogP contribution is -2.43. The Kier molecular flexibility index (Phi) is 3.65. The molecule has 1 saturated carbocycles. The summed E-state index contributed by atoms with van der Waals surface area (Å²) in [5.74, 6) is -2.78. The van der Waals surface area contributed by atoms with Crippen LogP contribution in [0.25, 0.3) is 0 Å². The molecule has 6 nitrogen and oxygen atoms in total. The van der Waals surface area contributed by atoms with Gasteiger partial charge in [0.2, 0.25) is 0 Å². The average Bonchev–Trinajstić information content (AvgIpc) is 2.79. The standard InChI is InChI=1S/C7H13NO.C2H2O4/c9-5-7-2-1-6(3-7)4-8-7;3-1(4)2(5)6/h6,8-9H,1-5H2;(H,3,4)(H,5,6)/t6-,7-;/m0./s1. The van der Waals surface area contributed by atoms with Crippen LogP contribution >= 0.6 is 0 Å². The highest BCUT2D eigenvalue weighted by Crippen LogP contribution is 2.39. The summed E-state index contributed by atoms with van der Waals surface area (Å²) in [5, 5.41) is 27.1. The summed E-state index contributed by atoms with van der Waals surface area (Å²) in [7, 11) is 0. The highest BCUT2D eigenvalue weighted by atomic mass is 16.4. The van der Waals surface area contributed by atoms with Crippen molar-refractivity contribution in [2.75, 3.05) is 13.2 Å². The summed E-state index contributed by atoms with van der Waals surface area (Å²) in [6.45, 7) is 1.48. The lowest BCUT2D eigenvalue weighted by molar-refractivity contribution is -0.159. The molecule has 0 spiro atoms. The first-order chi connectivity index (χ1) is 6.99. The largest absolute Gasteiger partial charge is 0.473 e. The third kappa shape index (κ3) is 2.90. The Morgan fingerprint density at radius 1 is 1.33 bits per heavy atom. The van der Waals surface area contributed by atoms with E-state index in [0.717, 1.165) is 12.5 Å². The van der Waals surface area contributed by atoms with Crippen LogP contribution in [0.2, 0.25) is 0 Å². The van der Waals surface area contributed by atoms with E-state index < -0.39 is 11.9 Å². The van der Waals surface area contributed by atoms with Crippen LogP contribution in [0.4, 0.5) is 0 Å². The molecule has 2 bridgehead atoms. The third-order valence-corrected chi connectivity index (χ3v) is 2.96. The van der Waals surface area contributed by atoms with E-state index in [1.54, 1.807) is 0 Å². The number of carbonyl (C=O) groups is 2. The van der Waals surface area contributed by atoms with Gasteiger partial charge >= 0.3 is 11.9 Å². The topological polar surface area (TPSA) is 107 Å². The van der Waals surface area contributed by atoms with E-state index >= 15 is 0 Å².